The molecule has 3 rings (SSSR count). The lowest BCUT2D eigenvalue weighted by Crippen LogP contribution is -2.52. The third kappa shape index (κ3) is 2.98. The molecule has 1 aromatic heterocycles. The van der Waals surface area contributed by atoms with Gasteiger partial charge in [-0.15, -0.1) is 0 Å². The highest BCUT2D eigenvalue weighted by atomic mass is 16.2. The average molecular weight is 325 g/mol. The van der Waals surface area contributed by atoms with Gasteiger partial charge in [0, 0.05) is 37.1 Å². The summed E-state index contributed by atoms with van der Waals surface area (Å²) in [5, 5.41) is 3.34. The van der Waals surface area contributed by atoms with Crippen LogP contribution >= 0.6 is 0 Å². The van der Waals surface area contributed by atoms with Crippen LogP contribution in [0.5, 0.6) is 0 Å². The summed E-state index contributed by atoms with van der Waals surface area (Å²) in [6.07, 6.45) is 0. The van der Waals surface area contributed by atoms with Gasteiger partial charge >= 0.3 is 0 Å². The van der Waals surface area contributed by atoms with E-state index in [-0.39, 0.29) is 18.0 Å². The molecule has 1 aromatic carbocycles. The summed E-state index contributed by atoms with van der Waals surface area (Å²) in [6, 6.07) is 12.9. The molecule has 2 heterocycles. The minimum absolute atomic E-state index is 0.156. The van der Waals surface area contributed by atoms with E-state index in [1.807, 2.05) is 17.0 Å². The second-order valence-corrected chi connectivity index (χ2v) is 6.79. The molecule has 0 aliphatic carbocycles. The highest BCUT2D eigenvalue weighted by Gasteiger charge is 2.27. The summed E-state index contributed by atoms with van der Waals surface area (Å²) in [4.78, 5) is 15.0. The molecule has 2 atom stereocenters. The number of hydrogen-bond donors (Lipinski definition) is 1. The van der Waals surface area contributed by atoms with Gasteiger partial charge in [0.1, 0.15) is 0 Å². The first-order valence-corrected chi connectivity index (χ1v) is 8.75. The number of hydrogen-bond acceptors (Lipinski definition) is 2. The van der Waals surface area contributed by atoms with Crippen LogP contribution in [0.1, 0.15) is 47.2 Å². The number of rotatable bonds is 3. The van der Waals surface area contributed by atoms with E-state index in [1.165, 1.54) is 5.56 Å². The van der Waals surface area contributed by atoms with Crippen molar-refractivity contribution in [2.75, 3.05) is 19.6 Å². The van der Waals surface area contributed by atoms with Crippen molar-refractivity contribution >= 4 is 5.91 Å². The van der Waals surface area contributed by atoms with Crippen LogP contribution in [0.2, 0.25) is 0 Å². The number of amides is 1. The Labute approximate surface area is 144 Å². The number of aryl methyl sites for hydroxylation is 1. The molecule has 0 saturated carbocycles. The van der Waals surface area contributed by atoms with Crippen LogP contribution < -0.4 is 5.32 Å². The molecule has 4 heteroatoms. The third-order valence-corrected chi connectivity index (χ3v) is 5.15. The monoisotopic (exact) mass is 325 g/mol. The lowest BCUT2D eigenvalue weighted by atomic mass is 10.1. The minimum atomic E-state index is 0.156. The summed E-state index contributed by atoms with van der Waals surface area (Å²) >= 11 is 0. The maximum Gasteiger partial charge on any atom is 0.256 e. The summed E-state index contributed by atoms with van der Waals surface area (Å²) in [7, 11) is 0. The Morgan fingerprint density at radius 2 is 1.96 bits per heavy atom. The molecule has 1 aliphatic rings. The minimum Gasteiger partial charge on any atom is -0.341 e. The fraction of sp³-hybridized carbons (Fsp3) is 0.450. The summed E-state index contributed by atoms with van der Waals surface area (Å²) in [5.74, 6) is 0.156. The van der Waals surface area contributed by atoms with Crippen LogP contribution in [0.3, 0.4) is 0 Å². The van der Waals surface area contributed by atoms with E-state index in [2.05, 4.69) is 61.8 Å². The van der Waals surface area contributed by atoms with Crippen molar-refractivity contribution in [2.24, 2.45) is 0 Å². The molecule has 0 bridgehead atoms. The largest absolute Gasteiger partial charge is 0.341 e. The van der Waals surface area contributed by atoms with Crippen molar-refractivity contribution in [3.8, 4) is 0 Å². The lowest BCUT2D eigenvalue weighted by Gasteiger charge is -2.34. The van der Waals surface area contributed by atoms with Gasteiger partial charge < -0.3 is 14.8 Å². The van der Waals surface area contributed by atoms with Gasteiger partial charge in [-0.3, -0.25) is 4.79 Å². The van der Waals surface area contributed by atoms with Crippen LogP contribution in [0, 0.1) is 13.8 Å². The average Bonchev–Trinajstić information content (AvgIpc) is 2.89. The highest BCUT2D eigenvalue weighted by molar-refractivity contribution is 5.96. The van der Waals surface area contributed by atoms with E-state index in [1.54, 1.807) is 0 Å². The topological polar surface area (TPSA) is 37.3 Å². The van der Waals surface area contributed by atoms with Crippen LogP contribution in [0.4, 0.5) is 0 Å². The van der Waals surface area contributed by atoms with Gasteiger partial charge in [-0.05, 0) is 39.3 Å². The van der Waals surface area contributed by atoms with Crippen molar-refractivity contribution in [2.45, 2.75) is 39.8 Å². The zero-order valence-electron chi connectivity index (χ0n) is 15.0. The Morgan fingerprint density at radius 1 is 1.25 bits per heavy atom. The van der Waals surface area contributed by atoms with Gasteiger partial charge in [-0.25, -0.2) is 0 Å². The summed E-state index contributed by atoms with van der Waals surface area (Å²) in [6.45, 7) is 11.0. The maximum absolute atomic E-state index is 13.0. The van der Waals surface area contributed by atoms with Gasteiger partial charge in [-0.1, -0.05) is 30.3 Å². The van der Waals surface area contributed by atoms with Gasteiger partial charge in [0.05, 0.1) is 11.6 Å². The Hall–Kier alpha value is -2.07. The Morgan fingerprint density at radius 3 is 2.62 bits per heavy atom. The molecule has 1 unspecified atom stereocenters. The normalized spacial score (nSPS) is 19.3. The second-order valence-electron chi connectivity index (χ2n) is 6.79. The maximum atomic E-state index is 13.0. The molecule has 1 amide bonds. The van der Waals surface area contributed by atoms with E-state index in [4.69, 9.17) is 0 Å². The fourth-order valence-corrected chi connectivity index (χ4v) is 3.77. The number of carbonyl (C=O) groups is 1. The van der Waals surface area contributed by atoms with Crippen molar-refractivity contribution < 1.29 is 4.79 Å². The van der Waals surface area contributed by atoms with Gasteiger partial charge in [-0.2, -0.15) is 0 Å². The molecule has 1 fully saturated rings. The number of nitrogens with zero attached hydrogens (tertiary/aromatic N) is 2. The molecule has 0 radical (unpaired) electrons. The first kappa shape index (κ1) is 16.8. The molecule has 24 heavy (non-hydrogen) atoms. The Balaban J connectivity index is 1.93. The van der Waals surface area contributed by atoms with Crippen LogP contribution in [-0.2, 0) is 0 Å². The molecule has 4 nitrogen and oxygen atoms in total. The molecular formula is C20H27N3O. The summed E-state index contributed by atoms with van der Waals surface area (Å²) in [5.41, 5.74) is 4.28. The van der Waals surface area contributed by atoms with E-state index < -0.39 is 0 Å². The fourth-order valence-electron chi connectivity index (χ4n) is 3.77. The first-order valence-electron chi connectivity index (χ1n) is 8.75. The van der Waals surface area contributed by atoms with Gasteiger partial charge in [0.15, 0.2) is 0 Å². The van der Waals surface area contributed by atoms with E-state index in [0.717, 1.165) is 36.6 Å². The molecule has 1 aliphatic heterocycles. The molecular weight excluding hydrogens is 298 g/mol. The molecule has 1 saturated heterocycles. The Bertz CT molecular complexity index is 720. The van der Waals surface area contributed by atoms with E-state index >= 15 is 0 Å². The predicted octanol–water partition coefficient (Wildman–Crippen LogP) is 3.15. The molecule has 0 spiro atoms. The number of aromatic nitrogens is 1. The van der Waals surface area contributed by atoms with Crippen molar-refractivity contribution in [1.82, 2.24) is 14.8 Å². The van der Waals surface area contributed by atoms with Gasteiger partial charge in [0.2, 0.25) is 0 Å². The second kappa shape index (κ2) is 6.81. The highest BCUT2D eigenvalue weighted by Crippen LogP contribution is 2.26. The third-order valence-electron chi connectivity index (χ3n) is 5.15. The van der Waals surface area contributed by atoms with Crippen LogP contribution in [-0.4, -0.2) is 41.1 Å². The number of nitrogens with one attached hydrogen (secondary N) is 1. The van der Waals surface area contributed by atoms with Crippen molar-refractivity contribution in [3.63, 3.8) is 0 Å². The zero-order chi connectivity index (χ0) is 17.3. The van der Waals surface area contributed by atoms with Crippen molar-refractivity contribution in [1.29, 1.82) is 0 Å². The quantitative estimate of drug-likeness (QED) is 0.941. The number of benzene rings is 1. The van der Waals surface area contributed by atoms with Gasteiger partial charge in [0.25, 0.3) is 5.91 Å². The predicted molar refractivity (Wildman–Crippen MR) is 97.5 cm³/mol. The molecule has 128 valence electrons. The SMILES string of the molecule is Cc1cc(C(=O)N2CCNC[C@@H]2C)c(C)n1C(C)c1ccccc1. The zero-order valence-corrected chi connectivity index (χ0v) is 15.0. The molecule has 2 aromatic rings. The number of carbonyl (C=O) groups excluding carboxylic acids is 1. The van der Waals surface area contributed by atoms with Crippen LogP contribution in [0.25, 0.3) is 0 Å². The smallest absolute Gasteiger partial charge is 0.256 e. The van der Waals surface area contributed by atoms with Crippen LogP contribution in [0.15, 0.2) is 36.4 Å². The van der Waals surface area contributed by atoms with E-state index in [0.29, 0.717) is 0 Å². The Kier molecular flexibility index (Phi) is 4.76. The molecule has 1 N–H and O–H groups in total. The number of piperazine rings is 1. The summed E-state index contributed by atoms with van der Waals surface area (Å²) < 4.78 is 2.27. The first-order chi connectivity index (χ1) is 11.5. The van der Waals surface area contributed by atoms with E-state index in [9.17, 15) is 4.79 Å². The van der Waals surface area contributed by atoms with Crippen molar-refractivity contribution in [3.05, 3.63) is 58.9 Å². The lowest BCUT2D eigenvalue weighted by molar-refractivity contribution is 0.0655. The standard InChI is InChI=1S/C20H27N3O/c1-14-12-19(20(24)22-11-10-21-13-15(22)2)17(4)23(14)16(3)18-8-6-5-7-9-18/h5-9,12,15-16,21H,10-11,13H2,1-4H3/t15-,16?/m0/s1.